The number of nitrogens with one attached hydrogen (secondary N) is 1. The van der Waals surface area contributed by atoms with Crippen LogP contribution in [0.25, 0.3) is 11.0 Å². The van der Waals surface area contributed by atoms with Crippen molar-refractivity contribution in [2.24, 2.45) is 5.92 Å². The second-order valence-electron chi connectivity index (χ2n) is 5.50. The summed E-state index contributed by atoms with van der Waals surface area (Å²) in [5.41, 5.74) is 2.15. The maximum atomic E-state index is 12.5. The van der Waals surface area contributed by atoms with Gasteiger partial charge in [0.15, 0.2) is 0 Å². The van der Waals surface area contributed by atoms with E-state index in [1.807, 2.05) is 13.0 Å². The van der Waals surface area contributed by atoms with Crippen LogP contribution >= 0.6 is 11.7 Å². The molecule has 0 bridgehead atoms. The quantitative estimate of drug-likeness (QED) is 0.930. The highest BCUT2D eigenvalue weighted by atomic mass is 32.1. The molecular weight excluding hydrogens is 300 g/mol. The molecule has 2 aromatic rings. The van der Waals surface area contributed by atoms with Gasteiger partial charge in [-0.2, -0.15) is 8.75 Å². The van der Waals surface area contributed by atoms with Crippen molar-refractivity contribution in [3.63, 3.8) is 0 Å². The maximum Gasteiger partial charge on any atom is 0.253 e. The number of nitrogens with zero attached hydrogens (tertiary/aromatic N) is 3. The topological polar surface area (TPSA) is 75.2 Å². The first kappa shape index (κ1) is 14.9. The van der Waals surface area contributed by atoms with Gasteiger partial charge in [-0.05, 0) is 31.0 Å². The van der Waals surface area contributed by atoms with Crippen LogP contribution in [0.3, 0.4) is 0 Å². The highest BCUT2D eigenvalue weighted by molar-refractivity contribution is 7.00. The van der Waals surface area contributed by atoms with Crippen molar-refractivity contribution in [3.8, 4) is 0 Å². The first-order chi connectivity index (χ1) is 10.7. The summed E-state index contributed by atoms with van der Waals surface area (Å²) in [5, 5.41) is 2.90. The molecule has 3 rings (SSSR count). The van der Waals surface area contributed by atoms with E-state index < -0.39 is 0 Å². The van der Waals surface area contributed by atoms with Crippen molar-refractivity contribution < 1.29 is 9.59 Å². The fourth-order valence-corrected chi connectivity index (χ4v) is 3.17. The molecule has 0 aliphatic carbocycles. The Hall–Kier alpha value is -2.02. The van der Waals surface area contributed by atoms with Gasteiger partial charge < -0.3 is 10.2 Å². The second kappa shape index (κ2) is 6.39. The lowest BCUT2D eigenvalue weighted by molar-refractivity contribution is -0.124. The Morgan fingerprint density at radius 2 is 2.18 bits per heavy atom. The van der Waals surface area contributed by atoms with E-state index in [9.17, 15) is 9.59 Å². The minimum absolute atomic E-state index is 0.0410. The summed E-state index contributed by atoms with van der Waals surface area (Å²) in [6, 6.07) is 5.36. The van der Waals surface area contributed by atoms with E-state index in [2.05, 4.69) is 14.1 Å². The van der Waals surface area contributed by atoms with Gasteiger partial charge in [0, 0.05) is 25.2 Å². The van der Waals surface area contributed by atoms with E-state index in [1.54, 1.807) is 17.0 Å². The number of benzene rings is 1. The largest absolute Gasteiger partial charge is 0.356 e. The Labute approximate surface area is 132 Å². The average molecular weight is 318 g/mol. The smallest absolute Gasteiger partial charge is 0.253 e. The number of rotatable bonds is 4. The zero-order chi connectivity index (χ0) is 15.5. The van der Waals surface area contributed by atoms with Crippen LogP contribution in [0, 0.1) is 5.92 Å². The molecule has 0 saturated carbocycles. The highest BCUT2D eigenvalue weighted by Crippen LogP contribution is 2.21. The van der Waals surface area contributed by atoms with Gasteiger partial charge >= 0.3 is 0 Å². The third-order valence-electron chi connectivity index (χ3n) is 3.90. The molecule has 2 amide bonds. The number of aromatic nitrogens is 2. The normalized spacial score (nSPS) is 17.9. The number of likely N-dealkylation sites (tertiary alicyclic amines) is 1. The standard InChI is InChI=1S/C15H18N4O2S/c1-2-6-16-14(20)11-5-7-19(9-11)15(21)10-3-4-12-13(8-10)18-22-17-12/h3-4,8,11H,2,5-7,9H2,1H3,(H,16,20)/t11-/m1/s1. The Balaban J connectivity index is 1.67. The summed E-state index contributed by atoms with van der Waals surface area (Å²) < 4.78 is 8.29. The molecule has 1 aliphatic rings. The molecule has 2 heterocycles. The van der Waals surface area contributed by atoms with Crippen molar-refractivity contribution in [3.05, 3.63) is 23.8 Å². The molecule has 1 aromatic heterocycles. The number of fused-ring (bicyclic) bond motifs is 1. The fraction of sp³-hybridized carbons (Fsp3) is 0.467. The van der Waals surface area contributed by atoms with E-state index in [1.165, 1.54) is 0 Å². The molecule has 0 radical (unpaired) electrons. The summed E-state index contributed by atoms with van der Waals surface area (Å²) >= 11 is 1.14. The second-order valence-corrected chi connectivity index (χ2v) is 6.02. The van der Waals surface area contributed by atoms with Crippen LogP contribution in [-0.4, -0.2) is 45.1 Å². The molecule has 1 N–H and O–H groups in total. The van der Waals surface area contributed by atoms with Gasteiger partial charge in [0.05, 0.1) is 17.6 Å². The van der Waals surface area contributed by atoms with Crippen molar-refractivity contribution in [2.45, 2.75) is 19.8 Å². The molecule has 0 spiro atoms. The fourth-order valence-electron chi connectivity index (χ4n) is 2.65. The van der Waals surface area contributed by atoms with Crippen LogP contribution in [0.4, 0.5) is 0 Å². The number of hydrogen-bond donors (Lipinski definition) is 1. The van der Waals surface area contributed by atoms with Crippen LogP contribution < -0.4 is 5.32 Å². The van der Waals surface area contributed by atoms with Crippen molar-refractivity contribution in [1.82, 2.24) is 19.0 Å². The predicted molar refractivity (Wildman–Crippen MR) is 84.7 cm³/mol. The molecule has 22 heavy (non-hydrogen) atoms. The summed E-state index contributed by atoms with van der Waals surface area (Å²) in [6.45, 7) is 3.82. The van der Waals surface area contributed by atoms with Crippen molar-refractivity contribution >= 4 is 34.6 Å². The molecule has 116 valence electrons. The van der Waals surface area contributed by atoms with E-state index in [-0.39, 0.29) is 17.7 Å². The maximum absolute atomic E-state index is 12.5. The zero-order valence-electron chi connectivity index (χ0n) is 12.4. The van der Waals surface area contributed by atoms with Crippen LogP contribution in [0.1, 0.15) is 30.1 Å². The first-order valence-electron chi connectivity index (χ1n) is 7.48. The summed E-state index contributed by atoms with van der Waals surface area (Å²) in [7, 11) is 0. The highest BCUT2D eigenvalue weighted by Gasteiger charge is 2.31. The van der Waals surface area contributed by atoms with Crippen molar-refractivity contribution in [1.29, 1.82) is 0 Å². The minimum atomic E-state index is -0.0971. The Morgan fingerprint density at radius 3 is 3.00 bits per heavy atom. The van der Waals surface area contributed by atoms with Gasteiger partial charge in [-0.1, -0.05) is 6.92 Å². The van der Waals surface area contributed by atoms with Gasteiger partial charge in [0.25, 0.3) is 5.91 Å². The molecule has 1 fully saturated rings. The third kappa shape index (κ3) is 2.94. The molecule has 6 nitrogen and oxygen atoms in total. The Bertz CT molecular complexity index is 700. The van der Waals surface area contributed by atoms with E-state index in [0.29, 0.717) is 25.2 Å². The summed E-state index contributed by atoms with van der Waals surface area (Å²) in [6.07, 6.45) is 1.64. The number of carbonyl (C=O) groups excluding carboxylic acids is 2. The lowest BCUT2D eigenvalue weighted by atomic mass is 10.1. The molecule has 1 saturated heterocycles. The molecule has 7 heteroatoms. The van der Waals surface area contributed by atoms with E-state index in [0.717, 1.165) is 35.6 Å². The summed E-state index contributed by atoms with van der Waals surface area (Å²) in [4.78, 5) is 26.3. The first-order valence-corrected chi connectivity index (χ1v) is 8.21. The van der Waals surface area contributed by atoms with Gasteiger partial charge in [-0.15, -0.1) is 0 Å². The molecule has 1 aromatic carbocycles. The summed E-state index contributed by atoms with van der Waals surface area (Å²) in [5.74, 6) is -0.0860. The molecule has 1 atom stereocenters. The molecule has 0 unspecified atom stereocenters. The number of hydrogen-bond acceptors (Lipinski definition) is 5. The zero-order valence-corrected chi connectivity index (χ0v) is 13.2. The van der Waals surface area contributed by atoms with Gasteiger partial charge in [0.1, 0.15) is 11.0 Å². The molecular formula is C15H18N4O2S. The van der Waals surface area contributed by atoms with Crippen LogP contribution in [0.5, 0.6) is 0 Å². The predicted octanol–water partition coefficient (Wildman–Crippen LogP) is 1.68. The van der Waals surface area contributed by atoms with Gasteiger partial charge in [-0.3, -0.25) is 9.59 Å². The molecule has 1 aliphatic heterocycles. The SMILES string of the molecule is CCCNC(=O)[C@@H]1CCN(C(=O)c2ccc3nsnc3c2)C1. The Morgan fingerprint density at radius 1 is 1.36 bits per heavy atom. The minimum Gasteiger partial charge on any atom is -0.356 e. The van der Waals surface area contributed by atoms with Gasteiger partial charge in [0.2, 0.25) is 5.91 Å². The lowest BCUT2D eigenvalue weighted by Gasteiger charge is -2.16. The van der Waals surface area contributed by atoms with E-state index in [4.69, 9.17) is 0 Å². The number of amides is 2. The third-order valence-corrected chi connectivity index (χ3v) is 4.45. The van der Waals surface area contributed by atoms with Crippen LogP contribution in [0.2, 0.25) is 0 Å². The van der Waals surface area contributed by atoms with E-state index >= 15 is 0 Å². The van der Waals surface area contributed by atoms with Crippen LogP contribution in [0.15, 0.2) is 18.2 Å². The van der Waals surface area contributed by atoms with Crippen molar-refractivity contribution in [2.75, 3.05) is 19.6 Å². The van der Waals surface area contributed by atoms with Crippen LogP contribution in [-0.2, 0) is 4.79 Å². The monoisotopic (exact) mass is 318 g/mol. The Kier molecular flexibility index (Phi) is 4.33. The number of carbonyl (C=O) groups is 2. The average Bonchev–Trinajstić information content (AvgIpc) is 3.19. The lowest BCUT2D eigenvalue weighted by Crippen LogP contribution is -2.34. The van der Waals surface area contributed by atoms with Gasteiger partial charge in [-0.25, -0.2) is 0 Å².